The van der Waals surface area contributed by atoms with E-state index in [1.54, 1.807) is 16.9 Å². The number of anilines is 2. The molecule has 0 spiro atoms. The monoisotopic (exact) mass is 493 g/mol. The first-order valence-corrected chi connectivity index (χ1v) is 11.7. The van der Waals surface area contributed by atoms with Crippen molar-refractivity contribution in [2.75, 3.05) is 43.4 Å². The zero-order chi connectivity index (χ0) is 24.8. The van der Waals surface area contributed by atoms with Crippen LogP contribution in [0.2, 0.25) is 0 Å². The molecule has 6 heterocycles. The molecule has 0 aliphatic carbocycles. The van der Waals surface area contributed by atoms with Crippen molar-refractivity contribution in [3.8, 4) is 11.3 Å². The first-order valence-electron chi connectivity index (χ1n) is 11.7. The number of hydrogen-bond acceptors (Lipinski definition) is 8. The van der Waals surface area contributed by atoms with Crippen molar-refractivity contribution in [2.24, 2.45) is 0 Å². The Bertz CT molecular complexity index is 1530. The van der Waals surface area contributed by atoms with Gasteiger partial charge in [0.25, 0.3) is 0 Å². The van der Waals surface area contributed by atoms with Crippen LogP contribution >= 0.6 is 0 Å². The Hall–Kier alpha value is -4.13. The molecule has 5 aromatic rings. The number of fused-ring (bicyclic) bond motifs is 2. The zero-order valence-corrected chi connectivity index (χ0v) is 19.9. The number of alkyl halides is 2. The molecule has 5 aromatic heterocycles. The molecule has 186 valence electrons. The molecule has 13 heteroatoms. The Balaban J connectivity index is 1.38. The molecule has 1 aliphatic rings. The van der Waals surface area contributed by atoms with Crippen LogP contribution in [0.1, 0.15) is 17.9 Å². The van der Waals surface area contributed by atoms with Crippen LogP contribution in [-0.4, -0.2) is 77.5 Å². The van der Waals surface area contributed by atoms with E-state index >= 15 is 0 Å². The van der Waals surface area contributed by atoms with Gasteiger partial charge in [-0.25, -0.2) is 24.1 Å². The summed E-state index contributed by atoms with van der Waals surface area (Å²) in [6.45, 7) is 3.22. The average molecular weight is 494 g/mol. The Morgan fingerprint density at radius 2 is 1.97 bits per heavy atom. The quantitative estimate of drug-likeness (QED) is 0.372. The lowest BCUT2D eigenvalue weighted by molar-refractivity contribution is 0.0566. The lowest BCUT2D eigenvalue weighted by Crippen LogP contribution is -2.45. The maximum Gasteiger partial charge on any atom is 0.333 e. The number of piperazine rings is 1. The standard InChI is InChI=1S/C23H25F2N11/c1-14-3-4-26-21-20(14)30-18(31-21)12-27-16-9-19(34-7-5-33(2)6-8-34)32-36-17(11-28-22(16)36)15-10-29-35(13-15)23(24)25/h3-4,9-11,13,23,27H,5-8,12H2,1-2H3,(H,26,30,31). The van der Waals surface area contributed by atoms with Crippen molar-refractivity contribution >= 4 is 28.3 Å². The highest BCUT2D eigenvalue weighted by atomic mass is 19.3. The topological polar surface area (TPSA) is 108 Å². The zero-order valence-electron chi connectivity index (χ0n) is 19.9. The summed E-state index contributed by atoms with van der Waals surface area (Å²) in [5, 5.41) is 12.1. The normalized spacial score (nSPS) is 15.0. The second kappa shape index (κ2) is 8.82. The number of aromatic amines is 1. The summed E-state index contributed by atoms with van der Waals surface area (Å²) in [6.07, 6.45) is 6.07. The fourth-order valence-corrected chi connectivity index (χ4v) is 4.40. The first kappa shape index (κ1) is 22.3. The van der Waals surface area contributed by atoms with Crippen LogP contribution < -0.4 is 10.2 Å². The van der Waals surface area contributed by atoms with Gasteiger partial charge >= 0.3 is 6.55 Å². The summed E-state index contributed by atoms with van der Waals surface area (Å²) in [4.78, 5) is 21.3. The van der Waals surface area contributed by atoms with E-state index in [1.807, 2.05) is 19.1 Å². The summed E-state index contributed by atoms with van der Waals surface area (Å²) in [7, 11) is 2.10. The maximum atomic E-state index is 13.1. The fourth-order valence-electron chi connectivity index (χ4n) is 4.40. The van der Waals surface area contributed by atoms with E-state index < -0.39 is 6.55 Å². The van der Waals surface area contributed by atoms with Crippen LogP contribution in [-0.2, 0) is 6.54 Å². The number of aryl methyl sites for hydroxylation is 1. The summed E-state index contributed by atoms with van der Waals surface area (Å²) >= 11 is 0. The highest BCUT2D eigenvalue weighted by Gasteiger charge is 2.21. The molecule has 0 aromatic carbocycles. The third-order valence-corrected chi connectivity index (χ3v) is 6.47. The van der Waals surface area contributed by atoms with Crippen LogP contribution in [0.25, 0.3) is 28.1 Å². The van der Waals surface area contributed by atoms with E-state index in [0.717, 1.165) is 54.6 Å². The molecule has 0 unspecified atom stereocenters. The lowest BCUT2D eigenvalue weighted by atomic mass is 10.3. The number of pyridine rings is 1. The van der Waals surface area contributed by atoms with Crippen molar-refractivity contribution in [1.82, 2.24) is 44.2 Å². The molecule has 0 atom stereocenters. The number of likely N-dealkylation sites (N-methyl/N-ethyl adjacent to an activating group) is 1. The van der Waals surface area contributed by atoms with Crippen LogP contribution in [0.4, 0.5) is 20.3 Å². The van der Waals surface area contributed by atoms with Crippen LogP contribution in [0, 0.1) is 6.92 Å². The van der Waals surface area contributed by atoms with Crippen molar-refractivity contribution in [3.63, 3.8) is 0 Å². The van der Waals surface area contributed by atoms with E-state index in [-0.39, 0.29) is 0 Å². The van der Waals surface area contributed by atoms with E-state index in [0.29, 0.717) is 33.8 Å². The average Bonchev–Trinajstić information content (AvgIpc) is 3.61. The molecule has 0 bridgehead atoms. The number of nitrogens with zero attached hydrogens (tertiary/aromatic N) is 9. The van der Waals surface area contributed by atoms with Gasteiger partial charge in [0.15, 0.2) is 17.1 Å². The third-order valence-electron chi connectivity index (χ3n) is 6.47. The number of imidazole rings is 2. The second-order valence-electron chi connectivity index (χ2n) is 8.94. The molecular weight excluding hydrogens is 468 g/mol. The molecule has 0 saturated carbocycles. The van der Waals surface area contributed by atoms with Crippen molar-refractivity contribution < 1.29 is 8.78 Å². The third kappa shape index (κ3) is 4.00. The lowest BCUT2D eigenvalue weighted by Gasteiger charge is -2.33. The number of H-pyrrole nitrogens is 1. The molecule has 36 heavy (non-hydrogen) atoms. The van der Waals surface area contributed by atoms with E-state index in [9.17, 15) is 8.78 Å². The van der Waals surface area contributed by atoms with E-state index in [1.165, 1.54) is 12.4 Å². The highest BCUT2D eigenvalue weighted by molar-refractivity contribution is 5.76. The Morgan fingerprint density at radius 1 is 1.14 bits per heavy atom. The number of halogens is 2. The molecular formula is C23H25F2N11. The molecule has 1 aliphatic heterocycles. The van der Waals surface area contributed by atoms with Gasteiger partial charge in [0.1, 0.15) is 5.82 Å². The predicted molar refractivity (Wildman–Crippen MR) is 131 cm³/mol. The molecule has 1 fully saturated rings. The Morgan fingerprint density at radius 3 is 2.72 bits per heavy atom. The van der Waals surface area contributed by atoms with Crippen molar-refractivity contribution in [1.29, 1.82) is 0 Å². The number of aromatic nitrogens is 8. The Kier molecular flexibility index (Phi) is 5.48. The minimum Gasteiger partial charge on any atom is -0.375 e. The first-order chi connectivity index (χ1) is 17.5. The molecule has 0 amide bonds. The van der Waals surface area contributed by atoms with Gasteiger partial charge in [-0.2, -0.15) is 13.9 Å². The predicted octanol–water partition coefficient (Wildman–Crippen LogP) is 2.93. The molecule has 0 radical (unpaired) electrons. The summed E-state index contributed by atoms with van der Waals surface area (Å²) in [5.41, 5.74) is 5.09. The SMILES string of the molecule is Cc1ccnc2nc(CNc3cc(N4CCN(C)CC4)nn4c(-c5cnn(C(F)F)c5)cnc34)[nH]c12. The van der Waals surface area contributed by atoms with Gasteiger partial charge in [-0.15, -0.1) is 5.10 Å². The van der Waals surface area contributed by atoms with E-state index in [2.05, 4.69) is 47.2 Å². The van der Waals surface area contributed by atoms with Crippen molar-refractivity contribution in [2.45, 2.75) is 20.0 Å². The van der Waals surface area contributed by atoms with Gasteiger partial charge in [0.2, 0.25) is 0 Å². The number of rotatable bonds is 6. The number of nitrogens with one attached hydrogen (secondary N) is 2. The molecule has 2 N–H and O–H groups in total. The smallest absolute Gasteiger partial charge is 0.333 e. The van der Waals surface area contributed by atoms with Crippen molar-refractivity contribution in [3.05, 3.63) is 48.3 Å². The maximum absolute atomic E-state index is 13.1. The van der Waals surface area contributed by atoms with Crippen LogP contribution in [0.3, 0.4) is 0 Å². The summed E-state index contributed by atoms with van der Waals surface area (Å²) in [5.74, 6) is 1.52. The van der Waals surface area contributed by atoms with E-state index in [4.69, 9.17) is 5.10 Å². The number of hydrogen-bond donors (Lipinski definition) is 2. The minimum atomic E-state index is -2.72. The summed E-state index contributed by atoms with van der Waals surface area (Å²) in [6, 6.07) is 3.92. The van der Waals surface area contributed by atoms with Gasteiger partial charge in [-0.05, 0) is 25.6 Å². The minimum absolute atomic E-state index is 0.420. The molecule has 1 saturated heterocycles. The van der Waals surface area contributed by atoms with Crippen LogP contribution in [0.5, 0.6) is 0 Å². The van der Waals surface area contributed by atoms with Gasteiger partial charge in [0.05, 0.1) is 35.8 Å². The summed E-state index contributed by atoms with van der Waals surface area (Å²) < 4.78 is 28.6. The second-order valence-corrected chi connectivity index (χ2v) is 8.94. The fraction of sp³-hybridized carbons (Fsp3) is 0.348. The largest absolute Gasteiger partial charge is 0.375 e. The van der Waals surface area contributed by atoms with Gasteiger partial charge in [0, 0.05) is 50.2 Å². The van der Waals surface area contributed by atoms with Gasteiger partial charge in [-0.3, -0.25) is 0 Å². The highest BCUT2D eigenvalue weighted by Crippen LogP contribution is 2.28. The van der Waals surface area contributed by atoms with Crippen LogP contribution in [0.15, 0.2) is 36.9 Å². The Labute approximate surface area is 204 Å². The molecule has 6 rings (SSSR count). The molecule has 11 nitrogen and oxygen atoms in total. The van der Waals surface area contributed by atoms with Gasteiger partial charge in [-0.1, -0.05) is 0 Å². The van der Waals surface area contributed by atoms with Gasteiger partial charge < -0.3 is 20.1 Å².